The predicted octanol–water partition coefficient (Wildman–Crippen LogP) is 0.917. The van der Waals surface area contributed by atoms with E-state index in [-0.39, 0.29) is 18.5 Å². The maximum absolute atomic E-state index is 12.8. The van der Waals surface area contributed by atoms with Gasteiger partial charge in [0.15, 0.2) is 0 Å². The fourth-order valence-electron chi connectivity index (χ4n) is 3.29. The van der Waals surface area contributed by atoms with E-state index >= 15 is 0 Å². The van der Waals surface area contributed by atoms with Crippen LogP contribution < -0.4 is 20.7 Å². The smallest absolute Gasteiger partial charge is 0.328 e. The largest absolute Gasteiger partial charge is 0.497 e. The highest BCUT2D eigenvalue weighted by Crippen LogP contribution is 2.38. The third kappa shape index (κ3) is 3.49. The highest BCUT2D eigenvalue weighted by Gasteiger charge is 2.32. The topological polar surface area (TPSA) is 93.6 Å². The van der Waals surface area contributed by atoms with Crippen molar-refractivity contribution in [2.75, 3.05) is 20.8 Å². The van der Waals surface area contributed by atoms with Gasteiger partial charge in [-0.05, 0) is 25.0 Å². The zero-order valence-corrected chi connectivity index (χ0v) is 14.7. The molecule has 8 heteroatoms. The number of nitrogens with one attached hydrogen (secondary N) is 1. The number of hydrogen-bond acceptors (Lipinski definition) is 5. The average Bonchev–Trinajstić information content (AvgIpc) is 3.13. The summed E-state index contributed by atoms with van der Waals surface area (Å²) in [6.07, 6.45) is 3.01. The third-order valence-electron chi connectivity index (χ3n) is 4.58. The fraction of sp³-hybridized carbons (Fsp3) is 0.389. The Labute approximate surface area is 150 Å². The number of carbonyl (C=O) groups excluding carboxylic acids is 1. The van der Waals surface area contributed by atoms with Crippen molar-refractivity contribution in [3.05, 3.63) is 56.9 Å². The molecule has 138 valence electrons. The molecule has 26 heavy (non-hydrogen) atoms. The molecule has 0 unspecified atom stereocenters. The van der Waals surface area contributed by atoms with E-state index in [2.05, 4.69) is 4.98 Å². The van der Waals surface area contributed by atoms with Crippen LogP contribution in [0.4, 0.5) is 0 Å². The molecule has 1 atom stereocenters. The molecule has 0 saturated carbocycles. The Morgan fingerprint density at radius 2 is 2.04 bits per heavy atom. The minimum Gasteiger partial charge on any atom is -0.497 e. The Balaban J connectivity index is 1.85. The number of H-pyrrole nitrogens is 1. The summed E-state index contributed by atoms with van der Waals surface area (Å²) in [5, 5.41) is 0. The molecule has 0 bridgehead atoms. The summed E-state index contributed by atoms with van der Waals surface area (Å²) >= 11 is 0. The molecular weight excluding hydrogens is 338 g/mol. The second-order valence-corrected chi connectivity index (χ2v) is 6.09. The van der Waals surface area contributed by atoms with E-state index < -0.39 is 11.2 Å². The van der Waals surface area contributed by atoms with Gasteiger partial charge in [-0.25, -0.2) is 4.79 Å². The molecule has 3 rings (SSSR count). The van der Waals surface area contributed by atoms with Crippen LogP contribution in [0.25, 0.3) is 0 Å². The molecule has 0 aliphatic carbocycles. The first-order valence-electron chi connectivity index (χ1n) is 8.34. The summed E-state index contributed by atoms with van der Waals surface area (Å²) in [5.41, 5.74) is -0.169. The monoisotopic (exact) mass is 359 g/mol. The maximum Gasteiger partial charge on any atom is 0.328 e. The summed E-state index contributed by atoms with van der Waals surface area (Å²) < 4.78 is 11.9. The van der Waals surface area contributed by atoms with Crippen molar-refractivity contribution >= 4 is 5.91 Å². The van der Waals surface area contributed by atoms with Crippen LogP contribution >= 0.6 is 0 Å². The number of aromatic amines is 1. The van der Waals surface area contributed by atoms with E-state index in [0.29, 0.717) is 18.0 Å². The van der Waals surface area contributed by atoms with Gasteiger partial charge in [-0.1, -0.05) is 0 Å². The van der Waals surface area contributed by atoms with Gasteiger partial charge in [-0.3, -0.25) is 19.1 Å². The fourth-order valence-corrected chi connectivity index (χ4v) is 3.29. The lowest BCUT2D eigenvalue weighted by molar-refractivity contribution is -0.132. The number of ether oxygens (including phenoxy) is 2. The van der Waals surface area contributed by atoms with Crippen LogP contribution in [0.5, 0.6) is 11.5 Å². The highest BCUT2D eigenvalue weighted by molar-refractivity contribution is 5.77. The first-order valence-corrected chi connectivity index (χ1v) is 8.34. The Morgan fingerprint density at radius 1 is 1.23 bits per heavy atom. The molecule has 1 fully saturated rings. The summed E-state index contributed by atoms with van der Waals surface area (Å²) in [5.74, 6) is 1.16. The quantitative estimate of drug-likeness (QED) is 0.857. The van der Waals surface area contributed by atoms with E-state index in [1.165, 1.54) is 16.8 Å². The standard InChI is InChI=1S/C18H21N3O5/c1-25-12-5-6-13(15(10-12)26-2)14-4-3-8-21(14)17(23)11-20-9-7-16(22)19-18(20)24/h5-7,9-10,14H,3-4,8,11H2,1-2H3,(H,19,22,24)/t14-/m1/s1. The Hall–Kier alpha value is -3.03. The van der Waals surface area contributed by atoms with Crippen molar-refractivity contribution in [1.29, 1.82) is 0 Å². The second kappa shape index (κ2) is 7.47. The van der Waals surface area contributed by atoms with Gasteiger partial charge in [0.05, 0.1) is 20.3 Å². The third-order valence-corrected chi connectivity index (χ3v) is 4.58. The van der Waals surface area contributed by atoms with Gasteiger partial charge < -0.3 is 14.4 Å². The van der Waals surface area contributed by atoms with Gasteiger partial charge in [0.25, 0.3) is 5.56 Å². The van der Waals surface area contributed by atoms with E-state index in [4.69, 9.17) is 9.47 Å². The summed E-state index contributed by atoms with van der Waals surface area (Å²) in [7, 11) is 3.17. The second-order valence-electron chi connectivity index (χ2n) is 6.09. The molecule has 1 aromatic heterocycles. The average molecular weight is 359 g/mol. The van der Waals surface area contributed by atoms with E-state index in [1.54, 1.807) is 25.2 Å². The Morgan fingerprint density at radius 3 is 2.73 bits per heavy atom. The Bertz CT molecular complexity index is 918. The molecule has 1 amide bonds. The van der Waals surface area contributed by atoms with E-state index in [9.17, 15) is 14.4 Å². The molecule has 1 N–H and O–H groups in total. The summed E-state index contributed by atoms with van der Waals surface area (Å²) in [6, 6.07) is 6.64. The van der Waals surface area contributed by atoms with Crippen molar-refractivity contribution in [1.82, 2.24) is 14.5 Å². The number of benzene rings is 1. The van der Waals surface area contributed by atoms with Crippen LogP contribution in [-0.4, -0.2) is 41.1 Å². The van der Waals surface area contributed by atoms with Crippen molar-refractivity contribution in [3.8, 4) is 11.5 Å². The van der Waals surface area contributed by atoms with Crippen LogP contribution in [0.15, 0.2) is 40.1 Å². The van der Waals surface area contributed by atoms with Crippen LogP contribution in [0.1, 0.15) is 24.4 Å². The summed E-state index contributed by atoms with van der Waals surface area (Å²) in [4.78, 5) is 39.6. The highest BCUT2D eigenvalue weighted by atomic mass is 16.5. The number of methoxy groups -OCH3 is 2. The molecule has 1 aromatic carbocycles. The number of nitrogens with zero attached hydrogens (tertiary/aromatic N) is 2. The number of likely N-dealkylation sites (tertiary alicyclic amines) is 1. The predicted molar refractivity (Wildman–Crippen MR) is 94.6 cm³/mol. The minimum absolute atomic E-state index is 0.120. The Kier molecular flexibility index (Phi) is 5.11. The number of amides is 1. The first kappa shape index (κ1) is 17.8. The van der Waals surface area contributed by atoms with E-state index in [0.717, 1.165) is 18.4 Å². The number of rotatable bonds is 5. The lowest BCUT2D eigenvalue weighted by atomic mass is 10.0. The van der Waals surface area contributed by atoms with Gasteiger partial charge in [-0.2, -0.15) is 0 Å². The van der Waals surface area contributed by atoms with Gasteiger partial charge in [0.1, 0.15) is 18.0 Å². The number of carbonyl (C=O) groups is 1. The first-order chi connectivity index (χ1) is 12.5. The molecule has 8 nitrogen and oxygen atoms in total. The zero-order valence-electron chi connectivity index (χ0n) is 14.7. The van der Waals surface area contributed by atoms with Crippen LogP contribution in [0.2, 0.25) is 0 Å². The van der Waals surface area contributed by atoms with Gasteiger partial charge in [-0.15, -0.1) is 0 Å². The molecule has 1 saturated heterocycles. The van der Waals surface area contributed by atoms with Crippen LogP contribution in [0.3, 0.4) is 0 Å². The molecule has 2 aromatic rings. The number of hydrogen-bond donors (Lipinski definition) is 1. The molecule has 1 aliphatic rings. The van der Waals surface area contributed by atoms with Crippen LogP contribution in [0, 0.1) is 0 Å². The van der Waals surface area contributed by atoms with Crippen molar-refractivity contribution in [2.45, 2.75) is 25.4 Å². The number of aromatic nitrogens is 2. The van der Waals surface area contributed by atoms with Crippen molar-refractivity contribution in [2.24, 2.45) is 0 Å². The molecule has 0 radical (unpaired) electrons. The molecule has 1 aliphatic heterocycles. The van der Waals surface area contributed by atoms with E-state index in [1.807, 2.05) is 12.1 Å². The maximum atomic E-state index is 12.8. The lowest BCUT2D eigenvalue weighted by Gasteiger charge is -2.26. The summed E-state index contributed by atoms with van der Waals surface area (Å²) in [6.45, 7) is 0.487. The molecule has 2 heterocycles. The van der Waals surface area contributed by atoms with Crippen molar-refractivity contribution < 1.29 is 14.3 Å². The van der Waals surface area contributed by atoms with Crippen molar-refractivity contribution in [3.63, 3.8) is 0 Å². The van der Waals surface area contributed by atoms with Gasteiger partial charge in [0.2, 0.25) is 5.91 Å². The molecular formula is C18H21N3O5. The van der Waals surface area contributed by atoms with Gasteiger partial charge in [0, 0.05) is 30.4 Å². The van der Waals surface area contributed by atoms with Crippen LogP contribution in [-0.2, 0) is 11.3 Å². The lowest BCUT2D eigenvalue weighted by Crippen LogP contribution is -2.38. The SMILES string of the molecule is COc1ccc([C@H]2CCCN2C(=O)Cn2ccc(=O)[nH]c2=O)c(OC)c1. The molecule has 0 spiro atoms. The van der Waals surface area contributed by atoms with Gasteiger partial charge >= 0.3 is 5.69 Å². The minimum atomic E-state index is -0.594. The zero-order chi connectivity index (χ0) is 18.7. The normalized spacial score (nSPS) is 16.5.